The summed E-state index contributed by atoms with van der Waals surface area (Å²) < 4.78 is 1.17. The van der Waals surface area contributed by atoms with E-state index in [9.17, 15) is 4.79 Å². The smallest absolute Gasteiger partial charge is 0.206 e. The van der Waals surface area contributed by atoms with Crippen LogP contribution in [0.25, 0.3) is 20.8 Å². The second kappa shape index (κ2) is 17.9. The molecule has 232 valence electrons. The number of aromatic nitrogens is 1. The lowest BCUT2D eigenvalue weighted by atomic mass is 10.0. The summed E-state index contributed by atoms with van der Waals surface area (Å²) in [6.07, 6.45) is 26.4. The lowest BCUT2D eigenvalue weighted by molar-refractivity contribution is 0.532. The van der Waals surface area contributed by atoms with Crippen LogP contribution in [-0.2, 0) is 6.42 Å². The summed E-state index contributed by atoms with van der Waals surface area (Å²) in [5.41, 5.74) is 5.23. The highest BCUT2D eigenvalue weighted by Gasteiger charge is 2.21. The van der Waals surface area contributed by atoms with Gasteiger partial charge < -0.3 is 9.80 Å². The average Bonchev–Trinajstić information content (AvgIpc) is 3.28. The Morgan fingerprint density at radius 1 is 0.762 bits per heavy atom. The van der Waals surface area contributed by atoms with Crippen LogP contribution in [0.3, 0.4) is 0 Å². The van der Waals surface area contributed by atoms with Crippen molar-refractivity contribution < 1.29 is 0 Å². The first-order chi connectivity index (χ1) is 20.6. The van der Waals surface area contributed by atoms with Crippen LogP contribution in [0.1, 0.15) is 134 Å². The van der Waals surface area contributed by atoms with Gasteiger partial charge in [-0.1, -0.05) is 110 Å². The molecule has 4 rings (SSSR count). The molecule has 0 unspecified atom stereocenters. The Labute approximate surface area is 260 Å². The van der Waals surface area contributed by atoms with Gasteiger partial charge in [0.25, 0.3) is 0 Å². The molecule has 1 fully saturated rings. The molecule has 1 aliphatic carbocycles. The number of nitrogens with zero attached hydrogens (tertiary/aromatic N) is 3. The second-order valence-electron chi connectivity index (χ2n) is 12.9. The molecule has 1 aromatic rings. The number of aryl methyl sites for hydroxylation is 1. The van der Waals surface area contributed by atoms with E-state index in [0.717, 1.165) is 53.3 Å². The van der Waals surface area contributed by atoms with Crippen molar-refractivity contribution in [1.82, 2.24) is 4.98 Å². The fourth-order valence-electron chi connectivity index (χ4n) is 6.58. The maximum absolute atomic E-state index is 13.6. The number of anilines is 2. The third kappa shape index (κ3) is 9.69. The van der Waals surface area contributed by atoms with Crippen LogP contribution in [-0.4, -0.2) is 32.2 Å². The lowest BCUT2D eigenvalue weighted by Crippen LogP contribution is -2.24. The van der Waals surface area contributed by atoms with Crippen molar-refractivity contribution in [3.05, 3.63) is 40.1 Å². The molecule has 3 aliphatic rings. The van der Waals surface area contributed by atoms with Crippen molar-refractivity contribution in [3.8, 4) is 10.6 Å². The van der Waals surface area contributed by atoms with Crippen molar-refractivity contribution in [2.75, 3.05) is 37.0 Å². The first-order valence-electron chi connectivity index (χ1n) is 17.4. The van der Waals surface area contributed by atoms with Gasteiger partial charge in [0.15, 0.2) is 0 Å². The fourth-order valence-corrected chi connectivity index (χ4v) is 7.78. The molecule has 1 aromatic carbocycles. The Balaban J connectivity index is 1.27. The maximum atomic E-state index is 13.6. The topological polar surface area (TPSA) is 36.4 Å². The maximum Gasteiger partial charge on any atom is 0.206 e. The van der Waals surface area contributed by atoms with Gasteiger partial charge in [0, 0.05) is 38.4 Å². The van der Waals surface area contributed by atoms with Crippen molar-refractivity contribution in [3.63, 3.8) is 0 Å². The van der Waals surface area contributed by atoms with E-state index in [4.69, 9.17) is 4.98 Å². The molecule has 2 aliphatic heterocycles. The minimum Gasteiger partial charge on any atom is -0.373 e. The largest absolute Gasteiger partial charge is 0.373 e. The minimum atomic E-state index is 0.193. The Kier molecular flexibility index (Phi) is 13.9. The summed E-state index contributed by atoms with van der Waals surface area (Å²) >= 11 is 1.73. The van der Waals surface area contributed by atoms with Crippen molar-refractivity contribution in [2.45, 2.75) is 135 Å². The van der Waals surface area contributed by atoms with E-state index in [1.54, 1.807) is 11.3 Å². The predicted molar refractivity (Wildman–Crippen MR) is 186 cm³/mol. The number of hydrogen-bond donors (Lipinski definition) is 0. The number of hydrogen-bond acceptors (Lipinski definition) is 5. The number of unbranched alkanes of at least 4 members (excludes halogenated alkanes) is 14. The van der Waals surface area contributed by atoms with Gasteiger partial charge in [-0.3, -0.25) is 4.79 Å². The first-order valence-corrected chi connectivity index (χ1v) is 18.2. The third-order valence-electron chi connectivity index (χ3n) is 9.13. The molecule has 0 aromatic heterocycles. The minimum absolute atomic E-state index is 0.193. The quantitative estimate of drug-likeness (QED) is 0.109. The highest BCUT2D eigenvalue weighted by atomic mass is 32.1. The summed E-state index contributed by atoms with van der Waals surface area (Å²) in [4.78, 5) is 24.2. The van der Waals surface area contributed by atoms with E-state index in [1.165, 1.54) is 126 Å². The Hall–Kier alpha value is -2.14. The molecule has 0 saturated carbocycles. The molecule has 4 nitrogen and oxygen atoms in total. The molecule has 0 spiro atoms. The molecule has 0 radical (unpaired) electrons. The van der Waals surface area contributed by atoms with Crippen molar-refractivity contribution >= 4 is 32.9 Å². The molecule has 42 heavy (non-hydrogen) atoms. The van der Waals surface area contributed by atoms with Crippen LogP contribution < -0.4 is 15.2 Å². The van der Waals surface area contributed by atoms with E-state index in [1.807, 2.05) is 19.0 Å². The van der Waals surface area contributed by atoms with Gasteiger partial charge in [-0.25, -0.2) is 4.98 Å². The number of rotatable bonds is 18. The van der Waals surface area contributed by atoms with E-state index in [-0.39, 0.29) is 5.43 Å². The van der Waals surface area contributed by atoms with Gasteiger partial charge in [-0.15, -0.1) is 11.3 Å². The summed E-state index contributed by atoms with van der Waals surface area (Å²) in [6.45, 7) is 4.55. The summed E-state index contributed by atoms with van der Waals surface area (Å²) in [7, 11) is 4.00. The Morgan fingerprint density at radius 3 is 1.90 bits per heavy atom. The first kappa shape index (κ1) is 32.8. The Bertz CT molecular complexity index is 1230. The molecule has 5 heteroatoms. The van der Waals surface area contributed by atoms with Crippen molar-refractivity contribution in [1.29, 1.82) is 0 Å². The fraction of sp³-hybridized carbons (Fsp3) is 0.676. The zero-order valence-electron chi connectivity index (χ0n) is 27.0. The Morgan fingerprint density at radius 2 is 1.33 bits per heavy atom. The summed E-state index contributed by atoms with van der Waals surface area (Å²) in [5.74, 6) is 0. The van der Waals surface area contributed by atoms with Gasteiger partial charge in [0.2, 0.25) is 5.43 Å². The molecule has 1 saturated heterocycles. The zero-order valence-corrected chi connectivity index (χ0v) is 27.8. The molecule has 0 amide bonds. The van der Waals surface area contributed by atoms with Crippen LogP contribution in [0.5, 0.6) is 0 Å². The standard InChI is InChI=1S/C37H57N3OS/c1-4-5-6-7-8-9-10-11-12-13-14-15-16-17-20-23-30-28-33-37(35(36(30)41)39(2)3)42-34-29-31(24-25-32(34)38-33)40-26-21-18-19-22-27-40/h24-25,28-29H,4-23,26-27H2,1-3H3. The monoisotopic (exact) mass is 591 g/mol. The molecule has 0 bridgehead atoms. The van der Waals surface area contributed by atoms with Crippen molar-refractivity contribution in [2.24, 2.45) is 0 Å². The van der Waals surface area contributed by atoms with E-state index < -0.39 is 0 Å². The molecular weight excluding hydrogens is 534 g/mol. The highest BCUT2D eigenvalue weighted by molar-refractivity contribution is 7.22. The number of benzene rings is 2. The summed E-state index contributed by atoms with van der Waals surface area (Å²) in [5, 5.41) is 0. The van der Waals surface area contributed by atoms with Gasteiger partial charge in [-0.2, -0.15) is 0 Å². The van der Waals surface area contributed by atoms with Crippen LogP contribution in [0.4, 0.5) is 11.4 Å². The van der Waals surface area contributed by atoms with Crippen LogP contribution in [0.2, 0.25) is 0 Å². The van der Waals surface area contributed by atoms with E-state index >= 15 is 0 Å². The average molecular weight is 592 g/mol. The molecular formula is C37H57N3OS. The highest BCUT2D eigenvalue weighted by Crippen LogP contribution is 2.38. The van der Waals surface area contributed by atoms with Gasteiger partial charge >= 0.3 is 0 Å². The SMILES string of the molecule is CCCCCCCCCCCCCCCCCc1cc2nc3ccc(N4CCCCCC4)cc3sc-2c(N(C)C)c1=O. The van der Waals surface area contributed by atoms with Gasteiger partial charge in [-0.05, 0) is 49.9 Å². The van der Waals surface area contributed by atoms with Crippen LogP contribution in [0, 0.1) is 0 Å². The molecule has 0 N–H and O–H groups in total. The predicted octanol–water partition coefficient (Wildman–Crippen LogP) is 10.6. The van der Waals surface area contributed by atoms with E-state index in [0.29, 0.717) is 0 Å². The zero-order chi connectivity index (χ0) is 29.6. The molecule has 0 atom stereocenters. The third-order valence-corrected chi connectivity index (χ3v) is 10.3. The normalized spacial score (nSPS) is 14.1. The number of fused-ring (bicyclic) bond motifs is 2. The molecule has 2 heterocycles. The van der Waals surface area contributed by atoms with Crippen LogP contribution >= 0.6 is 11.3 Å². The van der Waals surface area contributed by atoms with Crippen LogP contribution in [0.15, 0.2) is 29.1 Å². The second-order valence-corrected chi connectivity index (χ2v) is 14.0. The lowest BCUT2D eigenvalue weighted by Gasteiger charge is -2.23. The van der Waals surface area contributed by atoms with Gasteiger partial charge in [0.05, 0.1) is 20.8 Å². The summed E-state index contributed by atoms with van der Waals surface area (Å²) in [6, 6.07) is 8.81. The van der Waals surface area contributed by atoms with Gasteiger partial charge in [0.1, 0.15) is 5.69 Å². The van der Waals surface area contributed by atoms with E-state index in [2.05, 4.69) is 36.1 Å².